The summed E-state index contributed by atoms with van der Waals surface area (Å²) < 4.78 is 27.1. The average Bonchev–Trinajstić information content (AvgIpc) is 2.55. The highest BCUT2D eigenvalue weighted by atomic mass is 32.2. The van der Waals surface area contributed by atoms with Crippen LogP contribution in [-0.4, -0.2) is 39.9 Å². The number of carbonyl (C=O) groups is 1. The highest BCUT2D eigenvalue weighted by molar-refractivity contribution is 7.92. The SMILES string of the molecule is CCN(c1ccccc1)S(=O)(=O)c1cccc(C(=O)N(C)C)c1. The molecule has 0 aromatic heterocycles. The summed E-state index contributed by atoms with van der Waals surface area (Å²) in [5, 5.41) is 0. The first-order chi connectivity index (χ1) is 10.9. The molecule has 0 bridgehead atoms. The lowest BCUT2D eigenvalue weighted by molar-refractivity contribution is 0.0827. The van der Waals surface area contributed by atoms with Crippen LogP contribution in [0.15, 0.2) is 59.5 Å². The van der Waals surface area contributed by atoms with Crippen molar-refractivity contribution in [1.82, 2.24) is 4.90 Å². The Morgan fingerprint density at radius 3 is 2.22 bits per heavy atom. The Morgan fingerprint density at radius 2 is 1.65 bits per heavy atom. The first-order valence-corrected chi connectivity index (χ1v) is 8.71. The number of para-hydroxylation sites is 1. The van der Waals surface area contributed by atoms with E-state index in [0.717, 1.165) is 0 Å². The van der Waals surface area contributed by atoms with Crippen LogP contribution >= 0.6 is 0 Å². The number of hydrogen-bond acceptors (Lipinski definition) is 3. The lowest BCUT2D eigenvalue weighted by atomic mass is 10.2. The van der Waals surface area contributed by atoms with Crippen molar-refractivity contribution in [1.29, 1.82) is 0 Å². The van der Waals surface area contributed by atoms with E-state index in [4.69, 9.17) is 0 Å². The molecule has 0 unspecified atom stereocenters. The van der Waals surface area contributed by atoms with Gasteiger partial charge in [0.25, 0.3) is 15.9 Å². The van der Waals surface area contributed by atoms with Gasteiger partial charge in [0.1, 0.15) is 0 Å². The van der Waals surface area contributed by atoms with Gasteiger partial charge in [-0.2, -0.15) is 0 Å². The monoisotopic (exact) mass is 332 g/mol. The molecule has 0 aliphatic heterocycles. The Balaban J connectivity index is 2.47. The van der Waals surface area contributed by atoms with Crippen LogP contribution in [0.1, 0.15) is 17.3 Å². The number of anilines is 1. The zero-order chi connectivity index (χ0) is 17.0. The summed E-state index contributed by atoms with van der Waals surface area (Å²) in [5.74, 6) is -0.232. The molecule has 0 aliphatic rings. The van der Waals surface area contributed by atoms with Gasteiger partial charge in [0.15, 0.2) is 0 Å². The van der Waals surface area contributed by atoms with Gasteiger partial charge < -0.3 is 4.90 Å². The van der Waals surface area contributed by atoms with Crippen LogP contribution in [0.2, 0.25) is 0 Å². The van der Waals surface area contributed by atoms with Crippen LogP contribution < -0.4 is 4.31 Å². The number of sulfonamides is 1. The molecular weight excluding hydrogens is 312 g/mol. The van der Waals surface area contributed by atoms with Crippen LogP contribution in [0, 0.1) is 0 Å². The van der Waals surface area contributed by atoms with E-state index in [1.54, 1.807) is 57.4 Å². The first kappa shape index (κ1) is 17.0. The van der Waals surface area contributed by atoms with Crippen LogP contribution in [0.3, 0.4) is 0 Å². The van der Waals surface area contributed by atoms with Crippen molar-refractivity contribution in [2.24, 2.45) is 0 Å². The maximum Gasteiger partial charge on any atom is 0.264 e. The molecule has 0 saturated heterocycles. The Kier molecular flexibility index (Phi) is 5.05. The summed E-state index contributed by atoms with van der Waals surface area (Å²) in [6.45, 7) is 2.08. The van der Waals surface area contributed by atoms with E-state index in [1.807, 2.05) is 6.07 Å². The number of carbonyl (C=O) groups excluding carboxylic acids is 1. The Morgan fingerprint density at radius 1 is 1.00 bits per heavy atom. The average molecular weight is 332 g/mol. The van der Waals surface area contributed by atoms with E-state index in [-0.39, 0.29) is 10.8 Å². The number of amides is 1. The lowest BCUT2D eigenvalue weighted by Crippen LogP contribution is -2.31. The minimum absolute atomic E-state index is 0.107. The van der Waals surface area contributed by atoms with Gasteiger partial charge in [-0.3, -0.25) is 9.10 Å². The number of benzene rings is 2. The molecule has 0 spiro atoms. The third-order valence-corrected chi connectivity index (χ3v) is 5.31. The standard InChI is InChI=1S/C17H20N2O3S/c1-4-19(15-10-6-5-7-11-15)23(21,22)16-12-8-9-14(13-16)17(20)18(2)3/h5-13H,4H2,1-3H3. The fourth-order valence-corrected chi connectivity index (χ4v) is 3.78. The van der Waals surface area contributed by atoms with Gasteiger partial charge >= 0.3 is 0 Å². The third-order valence-electron chi connectivity index (χ3n) is 3.41. The van der Waals surface area contributed by atoms with E-state index < -0.39 is 10.0 Å². The molecule has 0 heterocycles. The van der Waals surface area contributed by atoms with Gasteiger partial charge in [-0.15, -0.1) is 0 Å². The predicted molar refractivity (Wildman–Crippen MR) is 91.1 cm³/mol. The van der Waals surface area contributed by atoms with Crippen molar-refractivity contribution >= 4 is 21.6 Å². The number of rotatable bonds is 5. The molecule has 0 radical (unpaired) electrons. The molecule has 122 valence electrons. The summed E-state index contributed by atoms with van der Waals surface area (Å²) in [6.07, 6.45) is 0. The molecule has 2 aromatic rings. The minimum Gasteiger partial charge on any atom is -0.345 e. The summed E-state index contributed by atoms with van der Waals surface area (Å²) in [4.78, 5) is 13.6. The molecule has 0 N–H and O–H groups in total. The highest BCUT2D eigenvalue weighted by Crippen LogP contribution is 2.24. The Bertz CT molecular complexity index is 786. The van der Waals surface area contributed by atoms with Gasteiger partial charge in [0.05, 0.1) is 10.6 Å². The highest BCUT2D eigenvalue weighted by Gasteiger charge is 2.24. The van der Waals surface area contributed by atoms with E-state index in [9.17, 15) is 13.2 Å². The smallest absolute Gasteiger partial charge is 0.264 e. The van der Waals surface area contributed by atoms with Crippen LogP contribution in [0.5, 0.6) is 0 Å². The normalized spacial score (nSPS) is 11.1. The third kappa shape index (κ3) is 3.53. The quantitative estimate of drug-likeness (QED) is 0.846. The summed E-state index contributed by atoms with van der Waals surface area (Å²) in [7, 11) is -0.462. The van der Waals surface area contributed by atoms with Crippen molar-refractivity contribution in [2.75, 3.05) is 24.9 Å². The van der Waals surface area contributed by atoms with Gasteiger partial charge in [-0.25, -0.2) is 8.42 Å². The maximum atomic E-state index is 12.9. The van der Waals surface area contributed by atoms with Crippen molar-refractivity contribution < 1.29 is 13.2 Å². The predicted octanol–water partition coefficient (Wildman–Crippen LogP) is 2.60. The second kappa shape index (κ2) is 6.83. The van der Waals surface area contributed by atoms with Crippen LogP contribution in [-0.2, 0) is 10.0 Å². The molecule has 2 aromatic carbocycles. The van der Waals surface area contributed by atoms with Gasteiger partial charge in [0, 0.05) is 26.2 Å². The molecule has 0 saturated carbocycles. The second-order valence-corrected chi connectivity index (χ2v) is 7.10. The van der Waals surface area contributed by atoms with Crippen molar-refractivity contribution in [3.05, 3.63) is 60.2 Å². The van der Waals surface area contributed by atoms with Crippen LogP contribution in [0.25, 0.3) is 0 Å². The molecular formula is C17H20N2O3S. The van der Waals surface area contributed by atoms with Gasteiger partial charge in [-0.1, -0.05) is 24.3 Å². The number of nitrogens with zero attached hydrogens (tertiary/aromatic N) is 2. The summed E-state index contributed by atoms with van der Waals surface area (Å²) in [5.41, 5.74) is 0.944. The number of hydrogen-bond donors (Lipinski definition) is 0. The largest absolute Gasteiger partial charge is 0.345 e. The van der Waals surface area contributed by atoms with Crippen LogP contribution in [0.4, 0.5) is 5.69 Å². The van der Waals surface area contributed by atoms with E-state index in [2.05, 4.69) is 0 Å². The molecule has 1 amide bonds. The van der Waals surface area contributed by atoms with Gasteiger partial charge in [-0.05, 0) is 37.3 Å². The Labute approximate surface area is 137 Å². The molecule has 0 atom stereocenters. The topological polar surface area (TPSA) is 57.7 Å². The molecule has 23 heavy (non-hydrogen) atoms. The minimum atomic E-state index is -3.72. The van der Waals surface area contributed by atoms with Crippen molar-refractivity contribution in [3.63, 3.8) is 0 Å². The second-order valence-electron chi connectivity index (χ2n) is 5.23. The zero-order valence-corrected chi connectivity index (χ0v) is 14.2. The van der Waals surface area contributed by atoms with Gasteiger partial charge in [0.2, 0.25) is 0 Å². The molecule has 6 heteroatoms. The first-order valence-electron chi connectivity index (χ1n) is 7.27. The fourth-order valence-electron chi connectivity index (χ4n) is 2.26. The fraction of sp³-hybridized carbons (Fsp3) is 0.235. The molecule has 2 rings (SSSR count). The lowest BCUT2D eigenvalue weighted by Gasteiger charge is -2.23. The molecule has 0 fully saturated rings. The molecule has 5 nitrogen and oxygen atoms in total. The molecule has 0 aliphatic carbocycles. The summed E-state index contributed by atoms with van der Waals surface area (Å²) >= 11 is 0. The summed E-state index contributed by atoms with van der Waals surface area (Å²) in [6, 6.07) is 15.0. The zero-order valence-electron chi connectivity index (χ0n) is 13.4. The van der Waals surface area contributed by atoms with E-state index in [0.29, 0.717) is 17.8 Å². The Hall–Kier alpha value is -2.34. The van der Waals surface area contributed by atoms with E-state index >= 15 is 0 Å². The maximum absolute atomic E-state index is 12.9. The van der Waals surface area contributed by atoms with E-state index in [1.165, 1.54) is 21.3 Å². The van der Waals surface area contributed by atoms with Crippen molar-refractivity contribution in [2.45, 2.75) is 11.8 Å². The van der Waals surface area contributed by atoms with Crippen molar-refractivity contribution in [3.8, 4) is 0 Å².